The van der Waals surface area contributed by atoms with E-state index in [1.807, 2.05) is 0 Å². The van der Waals surface area contributed by atoms with Gasteiger partial charge < -0.3 is 0 Å². The van der Waals surface area contributed by atoms with Crippen molar-refractivity contribution in [1.82, 2.24) is 5.32 Å². The fraction of sp³-hybridized carbons (Fsp3) is 0.250. The number of carbonyl (C=O) groups is 2. The van der Waals surface area contributed by atoms with Crippen molar-refractivity contribution in [1.29, 1.82) is 0 Å². The van der Waals surface area contributed by atoms with E-state index in [0.717, 1.165) is 0 Å². The number of hydrogen-bond acceptors (Lipinski definition) is 2. The number of amides is 2. The summed E-state index contributed by atoms with van der Waals surface area (Å²) in [6.45, 7) is 6.97. The van der Waals surface area contributed by atoms with E-state index in [0.29, 0.717) is 0 Å². The van der Waals surface area contributed by atoms with Crippen LogP contribution in [0, 0.1) is 5.41 Å². The first-order chi connectivity index (χ1) is 5.14. The molecular weight excluding hydrogens is 142 g/mol. The van der Waals surface area contributed by atoms with Crippen molar-refractivity contribution in [2.75, 3.05) is 0 Å². The molecule has 0 aromatic heterocycles. The summed E-state index contributed by atoms with van der Waals surface area (Å²) in [7, 11) is 0. The maximum Gasteiger partial charge on any atom is 0.240 e. The quantitative estimate of drug-likeness (QED) is 0.458. The van der Waals surface area contributed by atoms with Crippen LogP contribution in [-0.4, -0.2) is 11.8 Å². The molecule has 11 heavy (non-hydrogen) atoms. The summed E-state index contributed by atoms with van der Waals surface area (Å²) in [5.41, 5.74) is -0.864. The zero-order valence-corrected chi connectivity index (χ0v) is 6.09. The molecule has 0 aliphatic carbocycles. The monoisotopic (exact) mass is 151 g/mol. The van der Waals surface area contributed by atoms with Crippen LogP contribution in [0.2, 0.25) is 0 Å². The second-order valence-electron chi connectivity index (χ2n) is 2.50. The summed E-state index contributed by atoms with van der Waals surface area (Å²) >= 11 is 0. The van der Waals surface area contributed by atoms with Crippen molar-refractivity contribution < 1.29 is 9.59 Å². The van der Waals surface area contributed by atoms with Crippen LogP contribution in [0.3, 0.4) is 0 Å². The van der Waals surface area contributed by atoms with Crippen molar-refractivity contribution in [3.8, 4) is 0 Å². The van der Waals surface area contributed by atoms with E-state index in [1.54, 1.807) is 0 Å². The Morgan fingerprint density at radius 2 is 1.91 bits per heavy atom. The number of hydrogen-bond donors (Lipinski definition) is 1. The molecule has 3 heteroatoms. The van der Waals surface area contributed by atoms with Crippen LogP contribution < -0.4 is 5.32 Å². The highest BCUT2D eigenvalue weighted by Gasteiger charge is 2.41. The highest BCUT2D eigenvalue weighted by Crippen LogP contribution is 2.29. The summed E-state index contributed by atoms with van der Waals surface area (Å²) in [5, 5.41) is 2.19. The van der Waals surface area contributed by atoms with Gasteiger partial charge >= 0.3 is 0 Å². The number of rotatable bonds is 2. The van der Waals surface area contributed by atoms with Crippen molar-refractivity contribution in [3.05, 3.63) is 25.3 Å². The van der Waals surface area contributed by atoms with Gasteiger partial charge in [-0.2, -0.15) is 0 Å². The van der Waals surface area contributed by atoms with Gasteiger partial charge in [0.1, 0.15) is 0 Å². The van der Waals surface area contributed by atoms with Gasteiger partial charge in [0.05, 0.1) is 5.41 Å². The molecule has 1 aliphatic heterocycles. The molecule has 1 heterocycles. The molecular formula is C8H9NO2. The van der Waals surface area contributed by atoms with Gasteiger partial charge in [-0.15, -0.1) is 13.2 Å². The van der Waals surface area contributed by atoms with Gasteiger partial charge in [0.25, 0.3) is 0 Å². The predicted molar refractivity (Wildman–Crippen MR) is 40.6 cm³/mol. The number of nitrogens with one attached hydrogen (secondary N) is 1. The van der Waals surface area contributed by atoms with Gasteiger partial charge in [0.2, 0.25) is 11.8 Å². The molecule has 0 aromatic carbocycles. The Bertz CT molecular complexity index is 234. The fourth-order valence-corrected chi connectivity index (χ4v) is 1.05. The molecule has 0 bridgehead atoms. The summed E-state index contributed by atoms with van der Waals surface area (Å²) in [6.07, 6.45) is 3.03. The Balaban J connectivity index is 3.02. The average molecular weight is 151 g/mol. The molecule has 0 radical (unpaired) electrons. The molecule has 0 spiro atoms. The van der Waals surface area contributed by atoms with Gasteiger partial charge in [0, 0.05) is 6.42 Å². The lowest BCUT2D eigenvalue weighted by atomic mass is 9.87. The molecule has 1 N–H and O–H groups in total. The Morgan fingerprint density at radius 1 is 1.36 bits per heavy atom. The molecule has 0 atom stereocenters. The Hall–Kier alpha value is -1.38. The highest BCUT2D eigenvalue weighted by molar-refractivity contribution is 6.07. The second kappa shape index (κ2) is 2.34. The minimum atomic E-state index is -0.864. The van der Waals surface area contributed by atoms with Gasteiger partial charge in [-0.25, -0.2) is 0 Å². The maximum atomic E-state index is 11.1. The topological polar surface area (TPSA) is 46.2 Å². The van der Waals surface area contributed by atoms with Crippen LogP contribution in [0.25, 0.3) is 0 Å². The smallest absolute Gasteiger partial charge is 0.240 e. The van der Waals surface area contributed by atoms with Crippen molar-refractivity contribution in [2.24, 2.45) is 5.41 Å². The van der Waals surface area contributed by atoms with Gasteiger partial charge in [0.15, 0.2) is 0 Å². The maximum absolute atomic E-state index is 11.1. The normalized spacial score (nSPS) is 21.1. The van der Waals surface area contributed by atoms with E-state index >= 15 is 0 Å². The third-order valence-corrected chi connectivity index (χ3v) is 1.86. The second-order valence-corrected chi connectivity index (χ2v) is 2.50. The van der Waals surface area contributed by atoms with Crippen molar-refractivity contribution in [2.45, 2.75) is 6.42 Å². The third-order valence-electron chi connectivity index (χ3n) is 1.86. The minimum Gasteiger partial charge on any atom is -0.295 e. The fourth-order valence-electron chi connectivity index (χ4n) is 1.05. The summed E-state index contributed by atoms with van der Waals surface area (Å²) in [6, 6.07) is 0. The minimum absolute atomic E-state index is 0.138. The first-order valence-corrected chi connectivity index (χ1v) is 3.26. The van der Waals surface area contributed by atoms with E-state index in [-0.39, 0.29) is 18.2 Å². The zero-order chi connectivity index (χ0) is 8.48. The molecule has 1 fully saturated rings. The van der Waals surface area contributed by atoms with Gasteiger partial charge in [-0.1, -0.05) is 12.2 Å². The SMILES string of the molecule is C=CC1(C=C)CC(=O)NC1=O. The predicted octanol–water partition coefficient (Wildman–Crippen LogP) is 0.391. The van der Waals surface area contributed by atoms with Gasteiger partial charge in [-0.3, -0.25) is 14.9 Å². The van der Waals surface area contributed by atoms with E-state index in [2.05, 4.69) is 18.5 Å². The summed E-state index contributed by atoms with van der Waals surface area (Å²) in [4.78, 5) is 21.9. The standard InChI is InChI=1S/C8H9NO2/c1-3-8(4-2)5-6(10)9-7(8)11/h3-4H,1-2,5H2,(H,9,10,11). The van der Waals surface area contributed by atoms with E-state index < -0.39 is 5.41 Å². The third kappa shape index (κ3) is 0.981. The first kappa shape index (κ1) is 7.72. The van der Waals surface area contributed by atoms with Crippen LogP contribution in [0.5, 0.6) is 0 Å². The van der Waals surface area contributed by atoms with Crippen LogP contribution >= 0.6 is 0 Å². The van der Waals surface area contributed by atoms with Crippen LogP contribution in [0.1, 0.15) is 6.42 Å². The largest absolute Gasteiger partial charge is 0.295 e. The number of carbonyl (C=O) groups excluding carboxylic acids is 2. The molecule has 1 aliphatic rings. The molecule has 0 unspecified atom stereocenters. The van der Waals surface area contributed by atoms with Crippen molar-refractivity contribution >= 4 is 11.8 Å². The van der Waals surface area contributed by atoms with Crippen LogP contribution in [0.15, 0.2) is 25.3 Å². The van der Waals surface area contributed by atoms with Crippen LogP contribution in [0.4, 0.5) is 0 Å². The highest BCUT2D eigenvalue weighted by atomic mass is 16.2. The van der Waals surface area contributed by atoms with E-state index in [4.69, 9.17) is 0 Å². The Kier molecular flexibility index (Phi) is 1.64. The van der Waals surface area contributed by atoms with Crippen molar-refractivity contribution in [3.63, 3.8) is 0 Å². The molecule has 3 nitrogen and oxygen atoms in total. The average Bonchev–Trinajstić information content (AvgIpc) is 2.27. The Labute approximate surface area is 64.8 Å². The van der Waals surface area contributed by atoms with E-state index in [9.17, 15) is 9.59 Å². The first-order valence-electron chi connectivity index (χ1n) is 3.26. The molecule has 0 saturated carbocycles. The number of imide groups is 1. The lowest BCUT2D eigenvalue weighted by Gasteiger charge is -2.13. The lowest BCUT2D eigenvalue weighted by Crippen LogP contribution is -2.27. The molecule has 1 saturated heterocycles. The molecule has 0 aromatic rings. The zero-order valence-electron chi connectivity index (χ0n) is 6.09. The van der Waals surface area contributed by atoms with E-state index in [1.165, 1.54) is 12.2 Å². The lowest BCUT2D eigenvalue weighted by molar-refractivity contribution is -0.126. The Morgan fingerprint density at radius 3 is 2.09 bits per heavy atom. The van der Waals surface area contributed by atoms with Gasteiger partial charge in [-0.05, 0) is 0 Å². The molecule has 2 amide bonds. The summed E-state index contributed by atoms with van der Waals surface area (Å²) in [5.74, 6) is -0.595. The molecule has 1 rings (SSSR count). The van der Waals surface area contributed by atoms with Crippen LogP contribution in [-0.2, 0) is 9.59 Å². The summed E-state index contributed by atoms with van der Waals surface area (Å²) < 4.78 is 0. The molecule has 58 valence electrons.